The summed E-state index contributed by atoms with van der Waals surface area (Å²) in [4.78, 5) is 22.0. The molecule has 0 aromatic heterocycles. The van der Waals surface area contributed by atoms with Crippen LogP contribution in [0.4, 0.5) is 23.2 Å². The van der Waals surface area contributed by atoms with Crippen molar-refractivity contribution in [3.05, 3.63) is 100 Å². The molecule has 2 heterocycles. The summed E-state index contributed by atoms with van der Waals surface area (Å²) >= 11 is 6.24. The number of amides is 1. The molecule has 1 spiro atoms. The predicted octanol–water partition coefficient (Wildman–Crippen LogP) is 6.80. The summed E-state index contributed by atoms with van der Waals surface area (Å²) in [6.45, 7) is 5.12. The largest absolute Gasteiger partial charge is 0.416 e. The van der Waals surface area contributed by atoms with Gasteiger partial charge in [0.05, 0.1) is 18.3 Å². The number of β-amino-alcohol motifs (C(OH)–C–C–N with tert-alkyl or cyclic N) is 1. The molecule has 5 rings (SSSR count). The van der Waals surface area contributed by atoms with E-state index in [2.05, 4.69) is 24.0 Å². The number of anilines is 1. The average Bonchev–Trinajstić information content (AvgIpc) is 3.28. The van der Waals surface area contributed by atoms with Gasteiger partial charge in [0.15, 0.2) is 0 Å². The summed E-state index contributed by atoms with van der Waals surface area (Å²) in [5.41, 5.74) is 0.127. The van der Waals surface area contributed by atoms with E-state index in [4.69, 9.17) is 11.6 Å². The molecule has 0 saturated carbocycles. The summed E-state index contributed by atoms with van der Waals surface area (Å²) < 4.78 is 55.1. The van der Waals surface area contributed by atoms with Crippen LogP contribution >= 0.6 is 11.6 Å². The number of unbranched alkanes of at least 4 members (excludes halogenated alkanes) is 1. The van der Waals surface area contributed by atoms with Crippen LogP contribution in [0, 0.1) is 5.82 Å². The summed E-state index contributed by atoms with van der Waals surface area (Å²) in [6.07, 6.45) is -2.61. The van der Waals surface area contributed by atoms with Crippen molar-refractivity contribution in [2.75, 3.05) is 44.3 Å². The fraction of sp³-hybridized carbons (Fsp3) is 0.457. The zero-order chi connectivity index (χ0) is 32.9. The van der Waals surface area contributed by atoms with Gasteiger partial charge < -0.3 is 14.9 Å². The van der Waals surface area contributed by atoms with E-state index in [0.717, 1.165) is 31.0 Å². The molecule has 2 aliphatic heterocycles. The Morgan fingerprint density at radius 3 is 2.35 bits per heavy atom. The number of rotatable bonds is 12. The van der Waals surface area contributed by atoms with Crippen LogP contribution in [0.25, 0.3) is 0 Å². The Kier molecular flexibility index (Phi) is 10.9. The van der Waals surface area contributed by atoms with Gasteiger partial charge in [-0.05, 0) is 73.3 Å². The third-order valence-electron chi connectivity index (χ3n) is 9.12. The molecule has 248 valence electrons. The van der Waals surface area contributed by atoms with Crippen molar-refractivity contribution < 1.29 is 27.5 Å². The predicted molar refractivity (Wildman–Crippen MR) is 172 cm³/mol. The van der Waals surface area contributed by atoms with Gasteiger partial charge in [-0.3, -0.25) is 14.6 Å². The molecule has 3 aromatic carbocycles. The molecule has 1 amide bonds. The number of aliphatic hydroxyl groups is 1. The van der Waals surface area contributed by atoms with Gasteiger partial charge in [-0.15, -0.1) is 0 Å². The van der Waals surface area contributed by atoms with E-state index >= 15 is 0 Å². The van der Waals surface area contributed by atoms with Crippen molar-refractivity contribution in [2.45, 2.75) is 63.5 Å². The molecule has 46 heavy (non-hydrogen) atoms. The van der Waals surface area contributed by atoms with Crippen LogP contribution in [0.5, 0.6) is 0 Å². The third-order valence-corrected chi connectivity index (χ3v) is 9.47. The Morgan fingerprint density at radius 2 is 1.70 bits per heavy atom. The summed E-state index contributed by atoms with van der Waals surface area (Å²) in [6, 6.07) is 19.8. The lowest BCUT2D eigenvalue weighted by atomic mass is 9.85. The van der Waals surface area contributed by atoms with Gasteiger partial charge in [0.2, 0.25) is 5.91 Å². The number of hydrogen-bond acceptors (Lipinski definition) is 5. The standard InChI is InChI=1S/C35H41ClF4N4O2/c1-2-3-18-42(21-26-8-5-4-6-9-26)22-29(45)23-43-25-44(28-14-12-27(37)13-15-28)34(33(43)46)16-19-41(20-17-34)24-30-31(35(38,39)40)10-7-11-32(30)36/h4-15,29,45H,2-3,16-25H2,1H3/t29-/m0/s1. The fourth-order valence-electron chi connectivity index (χ4n) is 6.71. The maximum Gasteiger partial charge on any atom is 0.416 e. The molecule has 0 bridgehead atoms. The first-order valence-electron chi connectivity index (χ1n) is 15.8. The van der Waals surface area contributed by atoms with Crippen molar-refractivity contribution in [3.63, 3.8) is 0 Å². The van der Waals surface area contributed by atoms with Crippen LogP contribution in [0.3, 0.4) is 0 Å². The molecule has 2 fully saturated rings. The molecule has 0 radical (unpaired) electrons. The summed E-state index contributed by atoms with van der Waals surface area (Å²) in [5, 5.41) is 11.3. The number of likely N-dealkylation sites (tertiary alicyclic amines) is 1. The number of alkyl halides is 3. The molecular formula is C35H41ClF4N4O2. The van der Waals surface area contributed by atoms with Crippen LogP contribution in [-0.4, -0.2) is 76.7 Å². The zero-order valence-corrected chi connectivity index (χ0v) is 26.8. The molecule has 2 saturated heterocycles. The highest BCUT2D eigenvalue weighted by molar-refractivity contribution is 6.31. The van der Waals surface area contributed by atoms with Crippen LogP contribution in [0.2, 0.25) is 5.02 Å². The van der Waals surface area contributed by atoms with Gasteiger partial charge >= 0.3 is 6.18 Å². The van der Waals surface area contributed by atoms with E-state index in [-0.39, 0.29) is 36.3 Å². The van der Waals surface area contributed by atoms with Gasteiger partial charge in [-0.2, -0.15) is 13.2 Å². The van der Waals surface area contributed by atoms with E-state index in [1.165, 1.54) is 24.3 Å². The van der Waals surface area contributed by atoms with E-state index in [0.29, 0.717) is 44.7 Å². The van der Waals surface area contributed by atoms with Crippen molar-refractivity contribution in [3.8, 4) is 0 Å². The van der Waals surface area contributed by atoms with Crippen molar-refractivity contribution in [2.24, 2.45) is 0 Å². The second kappa shape index (κ2) is 14.7. The maximum absolute atomic E-state index is 14.2. The van der Waals surface area contributed by atoms with Crippen LogP contribution in [0.15, 0.2) is 72.8 Å². The topological polar surface area (TPSA) is 50.3 Å². The number of benzene rings is 3. The Bertz CT molecular complexity index is 1450. The number of halogens is 5. The minimum absolute atomic E-state index is 0.00672. The van der Waals surface area contributed by atoms with Gasteiger partial charge in [-0.1, -0.05) is 61.3 Å². The minimum atomic E-state index is -4.54. The summed E-state index contributed by atoms with van der Waals surface area (Å²) in [5.74, 6) is -0.524. The number of piperidine rings is 1. The molecule has 0 aliphatic carbocycles. The first-order valence-corrected chi connectivity index (χ1v) is 16.2. The highest BCUT2D eigenvalue weighted by atomic mass is 35.5. The summed E-state index contributed by atoms with van der Waals surface area (Å²) in [7, 11) is 0. The monoisotopic (exact) mass is 660 g/mol. The molecule has 11 heteroatoms. The van der Waals surface area contributed by atoms with Crippen molar-refractivity contribution in [1.82, 2.24) is 14.7 Å². The number of nitrogens with zero attached hydrogens (tertiary/aromatic N) is 4. The molecule has 2 aliphatic rings. The normalized spacial score (nSPS) is 17.8. The Morgan fingerprint density at radius 1 is 1.00 bits per heavy atom. The first-order chi connectivity index (χ1) is 22.0. The Labute approximate surface area is 273 Å². The Balaban J connectivity index is 1.32. The highest BCUT2D eigenvalue weighted by Crippen LogP contribution is 2.41. The molecule has 3 aromatic rings. The van der Waals surface area contributed by atoms with Gasteiger partial charge in [0.1, 0.15) is 11.4 Å². The van der Waals surface area contributed by atoms with Gasteiger partial charge in [-0.25, -0.2) is 4.39 Å². The van der Waals surface area contributed by atoms with Crippen molar-refractivity contribution >= 4 is 23.2 Å². The Hall–Kier alpha value is -3.18. The van der Waals surface area contributed by atoms with Gasteiger partial charge in [0.25, 0.3) is 0 Å². The van der Waals surface area contributed by atoms with E-state index < -0.39 is 29.2 Å². The molecule has 6 nitrogen and oxygen atoms in total. The van der Waals surface area contributed by atoms with Crippen LogP contribution in [-0.2, 0) is 24.1 Å². The molecule has 1 N–H and O–H groups in total. The lowest BCUT2D eigenvalue weighted by molar-refractivity contribution is -0.138. The third kappa shape index (κ3) is 7.85. The molecule has 0 unspecified atom stereocenters. The first kappa shape index (κ1) is 34.2. The van der Waals surface area contributed by atoms with Crippen LogP contribution < -0.4 is 4.90 Å². The molecule has 1 atom stereocenters. The van der Waals surface area contributed by atoms with E-state index in [1.807, 2.05) is 28.0 Å². The SMILES string of the molecule is CCCCN(Cc1ccccc1)C[C@H](O)CN1CN(c2ccc(F)cc2)C2(CCN(Cc3c(Cl)cccc3C(F)(F)F)CC2)C1=O. The lowest BCUT2D eigenvalue weighted by Gasteiger charge is -2.43. The van der Waals surface area contributed by atoms with Gasteiger partial charge in [0, 0.05) is 50.0 Å². The van der Waals surface area contributed by atoms with E-state index in [9.17, 15) is 27.5 Å². The van der Waals surface area contributed by atoms with Crippen molar-refractivity contribution in [1.29, 1.82) is 0 Å². The number of hydrogen-bond donors (Lipinski definition) is 1. The second-order valence-corrected chi connectivity index (χ2v) is 12.8. The van der Waals surface area contributed by atoms with E-state index in [1.54, 1.807) is 17.0 Å². The lowest BCUT2D eigenvalue weighted by Crippen LogP contribution is -2.56. The molecular weight excluding hydrogens is 620 g/mol. The maximum atomic E-state index is 14.2. The number of aliphatic hydroxyl groups excluding tert-OH is 1. The zero-order valence-electron chi connectivity index (χ0n) is 26.0. The van der Waals surface area contributed by atoms with Crippen LogP contribution in [0.1, 0.15) is 49.3 Å². The fourth-order valence-corrected chi connectivity index (χ4v) is 6.95. The number of carbonyl (C=O) groups excluding carboxylic acids is 1. The second-order valence-electron chi connectivity index (χ2n) is 12.4. The smallest absolute Gasteiger partial charge is 0.390 e. The quantitative estimate of drug-likeness (QED) is 0.217. The minimum Gasteiger partial charge on any atom is -0.390 e. The number of carbonyl (C=O) groups is 1. The average molecular weight is 661 g/mol. The highest BCUT2D eigenvalue weighted by Gasteiger charge is 2.54.